The average Bonchev–Trinajstić information content (AvgIpc) is 3.22. The predicted molar refractivity (Wildman–Crippen MR) is 143 cm³/mol. The number of methoxy groups -OCH3 is 1. The molecule has 0 amide bonds. The van der Waals surface area contributed by atoms with E-state index in [4.69, 9.17) is 21.1 Å². The Bertz CT molecular complexity index is 1420. The van der Waals surface area contributed by atoms with Crippen LogP contribution in [0.3, 0.4) is 0 Å². The zero-order valence-corrected chi connectivity index (χ0v) is 22.9. The fraction of sp³-hybridized carbons (Fsp3) is 0.200. The molecule has 12 heteroatoms. The van der Waals surface area contributed by atoms with Crippen LogP contribution in [-0.4, -0.2) is 33.3 Å². The van der Waals surface area contributed by atoms with Crippen LogP contribution < -0.4 is 9.47 Å². The van der Waals surface area contributed by atoms with E-state index in [1.54, 1.807) is 47.9 Å². The number of aromatic nitrogens is 3. The highest BCUT2D eigenvalue weighted by Gasteiger charge is 2.26. The third-order valence-corrected chi connectivity index (χ3v) is 7.34. The maximum Gasteiger partial charge on any atom is 0.220 e. The Kier molecular flexibility index (Phi) is 8.67. The highest BCUT2D eigenvalue weighted by molar-refractivity contribution is 9.10. The van der Waals surface area contributed by atoms with Crippen molar-refractivity contribution in [1.82, 2.24) is 14.8 Å². The molecule has 0 N–H and O–H groups in total. The molecule has 4 aromatic rings. The van der Waals surface area contributed by atoms with Gasteiger partial charge in [0.15, 0.2) is 16.7 Å². The SMILES string of the molecule is COc1cc([C@@H](C[N+](=O)[O-])Sc2nnc(C)n2-c2ccc(F)cc2)cc(Br)c1OCc1cccc(Cl)c1. The summed E-state index contributed by atoms with van der Waals surface area (Å²) in [6.45, 7) is 1.63. The lowest BCUT2D eigenvalue weighted by atomic mass is 10.1. The van der Waals surface area contributed by atoms with E-state index in [9.17, 15) is 14.5 Å². The number of nitrogens with zero attached hydrogens (tertiary/aromatic N) is 4. The van der Waals surface area contributed by atoms with Gasteiger partial charge in [-0.1, -0.05) is 35.5 Å². The molecular formula is C25H21BrClFN4O4S. The third kappa shape index (κ3) is 6.60. The largest absolute Gasteiger partial charge is 0.493 e. The van der Waals surface area contributed by atoms with Gasteiger partial charge in [0, 0.05) is 15.6 Å². The van der Waals surface area contributed by atoms with Gasteiger partial charge in [0.05, 0.1) is 11.6 Å². The van der Waals surface area contributed by atoms with Gasteiger partial charge in [-0.05, 0) is 82.5 Å². The zero-order chi connectivity index (χ0) is 26.5. The maximum atomic E-state index is 13.5. The molecule has 4 rings (SSSR count). The van der Waals surface area contributed by atoms with Crippen molar-refractivity contribution in [2.45, 2.75) is 23.9 Å². The summed E-state index contributed by atoms with van der Waals surface area (Å²) in [6, 6.07) is 16.7. The quantitative estimate of drug-likeness (QED) is 0.111. The summed E-state index contributed by atoms with van der Waals surface area (Å²) in [6.07, 6.45) is 0. The van der Waals surface area contributed by atoms with Crippen LogP contribution >= 0.6 is 39.3 Å². The van der Waals surface area contributed by atoms with Gasteiger partial charge in [0.25, 0.3) is 0 Å². The molecule has 0 unspecified atom stereocenters. The minimum absolute atomic E-state index is 0.252. The van der Waals surface area contributed by atoms with E-state index in [1.165, 1.54) is 31.0 Å². The number of nitro groups is 1. The van der Waals surface area contributed by atoms with Crippen molar-refractivity contribution in [3.8, 4) is 17.2 Å². The Hall–Kier alpha value is -3.15. The molecule has 1 aromatic heterocycles. The minimum atomic E-state index is -0.634. The molecule has 37 heavy (non-hydrogen) atoms. The van der Waals surface area contributed by atoms with Crippen LogP contribution in [-0.2, 0) is 6.61 Å². The minimum Gasteiger partial charge on any atom is -0.493 e. The number of benzene rings is 3. The molecule has 0 spiro atoms. The highest BCUT2D eigenvalue weighted by Crippen LogP contribution is 2.43. The summed E-state index contributed by atoms with van der Waals surface area (Å²) in [7, 11) is 1.50. The molecule has 3 aromatic carbocycles. The number of halogens is 3. The van der Waals surface area contributed by atoms with Crippen LogP contribution in [0.5, 0.6) is 11.5 Å². The first-order chi connectivity index (χ1) is 17.7. The smallest absolute Gasteiger partial charge is 0.220 e. The Morgan fingerprint density at radius 2 is 1.95 bits per heavy atom. The number of hydrogen-bond acceptors (Lipinski definition) is 7. The maximum absolute atomic E-state index is 13.5. The Labute approximate surface area is 230 Å². The van der Waals surface area contributed by atoms with Crippen LogP contribution in [0, 0.1) is 22.9 Å². The van der Waals surface area contributed by atoms with E-state index in [0.717, 1.165) is 5.56 Å². The van der Waals surface area contributed by atoms with Gasteiger partial charge in [-0.15, -0.1) is 10.2 Å². The molecule has 0 aliphatic rings. The van der Waals surface area contributed by atoms with Crippen LogP contribution in [0.15, 0.2) is 70.3 Å². The second-order valence-corrected chi connectivity index (χ2v) is 10.4. The number of rotatable bonds is 10. The summed E-state index contributed by atoms with van der Waals surface area (Å²) in [5.74, 6) is 1.07. The summed E-state index contributed by atoms with van der Waals surface area (Å²) < 4.78 is 27.3. The van der Waals surface area contributed by atoms with Gasteiger partial charge in [0.2, 0.25) is 6.54 Å². The molecule has 1 atom stereocenters. The first-order valence-corrected chi connectivity index (χ1v) is 13.0. The van der Waals surface area contributed by atoms with E-state index in [1.807, 2.05) is 12.1 Å². The van der Waals surface area contributed by atoms with Crippen LogP contribution in [0.2, 0.25) is 5.02 Å². The molecule has 192 valence electrons. The topological polar surface area (TPSA) is 92.3 Å². The van der Waals surface area contributed by atoms with E-state index >= 15 is 0 Å². The summed E-state index contributed by atoms with van der Waals surface area (Å²) >= 11 is 10.8. The van der Waals surface area contributed by atoms with Gasteiger partial charge < -0.3 is 9.47 Å². The zero-order valence-electron chi connectivity index (χ0n) is 19.7. The third-order valence-electron chi connectivity index (χ3n) is 5.34. The first-order valence-electron chi connectivity index (χ1n) is 11.0. The van der Waals surface area contributed by atoms with Crippen molar-refractivity contribution in [3.05, 3.63) is 103 Å². The highest BCUT2D eigenvalue weighted by atomic mass is 79.9. The summed E-state index contributed by atoms with van der Waals surface area (Å²) in [4.78, 5) is 11.2. The predicted octanol–water partition coefficient (Wildman–Crippen LogP) is 6.83. The van der Waals surface area contributed by atoms with Crippen molar-refractivity contribution in [3.63, 3.8) is 0 Å². The molecule has 8 nitrogen and oxygen atoms in total. The lowest BCUT2D eigenvalue weighted by Crippen LogP contribution is -2.12. The van der Waals surface area contributed by atoms with Crippen molar-refractivity contribution in [2.24, 2.45) is 0 Å². The molecule has 1 heterocycles. The lowest BCUT2D eigenvalue weighted by molar-refractivity contribution is -0.479. The van der Waals surface area contributed by atoms with E-state index in [0.29, 0.717) is 43.2 Å². The number of thioether (sulfide) groups is 1. The van der Waals surface area contributed by atoms with E-state index in [2.05, 4.69) is 26.1 Å². The molecule has 0 saturated carbocycles. The van der Waals surface area contributed by atoms with E-state index in [-0.39, 0.29) is 23.9 Å². The normalized spacial score (nSPS) is 11.8. The fourth-order valence-electron chi connectivity index (χ4n) is 3.63. The molecule has 0 saturated heterocycles. The Balaban J connectivity index is 1.65. The summed E-state index contributed by atoms with van der Waals surface area (Å²) in [5.41, 5.74) is 2.16. The van der Waals surface area contributed by atoms with Crippen LogP contribution in [0.1, 0.15) is 22.2 Å². The first kappa shape index (κ1) is 26.9. The Morgan fingerprint density at radius 3 is 2.62 bits per heavy atom. The molecule has 0 bridgehead atoms. The average molecular weight is 608 g/mol. The molecular weight excluding hydrogens is 587 g/mol. The van der Waals surface area contributed by atoms with Crippen molar-refractivity contribution in [1.29, 1.82) is 0 Å². The van der Waals surface area contributed by atoms with Crippen LogP contribution in [0.4, 0.5) is 4.39 Å². The van der Waals surface area contributed by atoms with Crippen LogP contribution in [0.25, 0.3) is 5.69 Å². The molecule has 0 radical (unpaired) electrons. The standard InChI is InChI=1S/C25H21BrClFN4O4S/c1-15-29-30-25(32(15)20-8-6-19(28)7-9-20)37-23(13-31(33)34)17-11-21(26)24(22(12-17)35-2)36-14-16-4-3-5-18(27)10-16/h3-12,23H,13-14H2,1-2H3/t23-/m1/s1. The van der Waals surface area contributed by atoms with Crippen molar-refractivity contribution < 1.29 is 18.8 Å². The fourth-order valence-corrected chi connectivity index (χ4v) is 5.57. The second-order valence-electron chi connectivity index (χ2n) is 7.92. The molecule has 0 fully saturated rings. The summed E-state index contributed by atoms with van der Waals surface area (Å²) in [5, 5.41) is 20.4. The van der Waals surface area contributed by atoms with Gasteiger partial charge in [-0.2, -0.15) is 0 Å². The number of hydrogen-bond donors (Lipinski definition) is 0. The van der Waals surface area contributed by atoms with Gasteiger partial charge >= 0.3 is 0 Å². The lowest BCUT2D eigenvalue weighted by Gasteiger charge is -2.18. The number of aryl methyl sites for hydroxylation is 1. The van der Waals surface area contributed by atoms with Crippen molar-refractivity contribution >= 4 is 39.3 Å². The second kappa shape index (κ2) is 11.9. The molecule has 0 aliphatic carbocycles. The van der Waals surface area contributed by atoms with Gasteiger partial charge in [-0.25, -0.2) is 4.39 Å². The Morgan fingerprint density at radius 1 is 1.19 bits per heavy atom. The molecule has 0 aliphatic heterocycles. The van der Waals surface area contributed by atoms with Gasteiger partial charge in [0.1, 0.15) is 23.5 Å². The van der Waals surface area contributed by atoms with E-state index < -0.39 is 5.25 Å². The van der Waals surface area contributed by atoms with Gasteiger partial charge in [-0.3, -0.25) is 14.7 Å². The number of ether oxygens (including phenoxy) is 2. The monoisotopic (exact) mass is 606 g/mol. The van der Waals surface area contributed by atoms with Crippen molar-refractivity contribution in [2.75, 3.05) is 13.7 Å².